The Balaban J connectivity index is 2.56. The number of hydrogen-bond acceptors (Lipinski definition) is 3. The van der Waals surface area contributed by atoms with Crippen molar-refractivity contribution in [3.05, 3.63) is 40.4 Å². The first-order valence-corrected chi connectivity index (χ1v) is 6.52. The zero-order valence-corrected chi connectivity index (χ0v) is 12.5. The molecule has 5 heteroatoms. The van der Waals surface area contributed by atoms with Gasteiger partial charge >= 0.3 is 6.09 Å². The molecule has 0 fully saturated rings. The van der Waals surface area contributed by atoms with Crippen LogP contribution < -0.4 is 5.32 Å². The Kier molecular flexibility index (Phi) is 5.60. The van der Waals surface area contributed by atoms with Gasteiger partial charge in [-0.25, -0.2) is 4.79 Å². The number of hydrogen-bond donors (Lipinski definition) is 1. The van der Waals surface area contributed by atoms with Crippen molar-refractivity contribution in [2.24, 2.45) is 0 Å². The Labute approximate surface area is 124 Å². The highest BCUT2D eigenvalue weighted by Gasteiger charge is 2.14. The number of halogens is 1. The Bertz CT molecular complexity index is 554. The highest BCUT2D eigenvalue weighted by Crippen LogP contribution is 2.16. The average molecular weight is 293 g/mol. The number of nitriles is 1. The summed E-state index contributed by atoms with van der Waals surface area (Å²) >= 11 is 5.88. The summed E-state index contributed by atoms with van der Waals surface area (Å²) in [5.74, 6) is 0. The van der Waals surface area contributed by atoms with E-state index in [1.807, 2.05) is 0 Å². The van der Waals surface area contributed by atoms with Gasteiger partial charge < -0.3 is 10.1 Å². The van der Waals surface area contributed by atoms with Crippen LogP contribution in [0.25, 0.3) is 6.08 Å². The molecule has 0 saturated carbocycles. The third-order valence-electron chi connectivity index (χ3n) is 2.19. The molecule has 4 nitrogen and oxygen atoms in total. The second kappa shape index (κ2) is 6.97. The smallest absolute Gasteiger partial charge is 0.407 e. The molecular weight excluding hydrogens is 276 g/mol. The van der Waals surface area contributed by atoms with E-state index in [0.29, 0.717) is 22.7 Å². The molecule has 1 rings (SSSR count). The molecular formula is C15H17ClN2O2. The fourth-order valence-corrected chi connectivity index (χ4v) is 1.60. The zero-order chi connectivity index (χ0) is 15.2. The van der Waals surface area contributed by atoms with Crippen molar-refractivity contribution < 1.29 is 9.53 Å². The first-order chi connectivity index (χ1) is 9.31. The number of alkyl carbamates (subject to hydrolysis) is 1. The van der Waals surface area contributed by atoms with Crippen LogP contribution in [-0.2, 0) is 4.74 Å². The number of rotatable bonds is 3. The predicted molar refractivity (Wildman–Crippen MR) is 79.4 cm³/mol. The van der Waals surface area contributed by atoms with Crippen molar-refractivity contribution in [1.82, 2.24) is 5.32 Å². The van der Waals surface area contributed by atoms with E-state index in [9.17, 15) is 4.79 Å². The summed E-state index contributed by atoms with van der Waals surface area (Å²) in [6.45, 7) is 5.71. The van der Waals surface area contributed by atoms with E-state index in [0.717, 1.165) is 0 Å². The normalized spacial score (nSPS) is 11.2. The number of carbonyl (C=O) groups is 1. The standard InChI is InChI=1S/C15H17ClN2O2/c1-15(2,3)20-14(19)18-8-4-5-11-9-13(16)7-6-12(11)10-17/h4-7,9H,8H2,1-3H3,(H,18,19). The third kappa shape index (κ3) is 5.77. The van der Waals surface area contributed by atoms with E-state index in [4.69, 9.17) is 21.6 Å². The fraction of sp³-hybridized carbons (Fsp3) is 0.333. The number of ether oxygens (including phenoxy) is 1. The molecule has 0 radical (unpaired) electrons. The van der Waals surface area contributed by atoms with Crippen LogP contribution in [0.5, 0.6) is 0 Å². The SMILES string of the molecule is CC(C)(C)OC(=O)NCC=Cc1cc(Cl)ccc1C#N. The van der Waals surface area contributed by atoms with Crippen LogP contribution in [0.1, 0.15) is 31.9 Å². The number of amides is 1. The summed E-state index contributed by atoms with van der Waals surface area (Å²) in [6, 6.07) is 7.10. The first-order valence-electron chi connectivity index (χ1n) is 6.15. The van der Waals surface area contributed by atoms with Gasteiger partial charge in [0, 0.05) is 11.6 Å². The maximum absolute atomic E-state index is 11.4. The Morgan fingerprint density at radius 3 is 2.80 bits per heavy atom. The van der Waals surface area contributed by atoms with Crippen molar-refractivity contribution in [3.63, 3.8) is 0 Å². The lowest BCUT2D eigenvalue weighted by Gasteiger charge is -2.19. The Hall–Kier alpha value is -1.99. The molecule has 0 aliphatic rings. The van der Waals surface area contributed by atoms with Gasteiger partial charge in [-0.1, -0.05) is 23.8 Å². The van der Waals surface area contributed by atoms with Crippen molar-refractivity contribution in [2.45, 2.75) is 26.4 Å². The number of benzene rings is 1. The minimum absolute atomic E-state index is 0.312. The molecule has 0 aliphatic heterocycles. The van der Waals surface area contributed by atoms with Gasteiger partial charge in [0.25, 0.3) is 0 Å². The number of nitrogens with one attached hydrogen (secondary N) is 1. The Morgan fingerprint density at radius 2 is 2.20 bits per heavy atom. The summed E-state index contributed by atoms with van der Waals surface area (Å²) in [7, 11) is 0. The molecule has 1 aromatic rings. The van der Waals surface area contributed by atoms with Crippen LogP contribution in [-0.4, -0.2) is 18.2 Å². The lowest BCUT2D eigenvalue weighted by molar-refractivity contribution is 0.0534. The molecule has 1 aromatic carbocycles. The zero-order valence-electron chi connectivity index (χ0n) is 11.7. The second-order valence-corrected chi connectivity index (χ2v) is 5.56. The molecule has 1 N–H and O–H groups in total. The van der Waals surface area contributed by atoms with Gasteiger partial charge in [-0.15, -0.1) is 0 Å². The van der Waals surface area contributed by atoms with Gasteiger partial charge in [0.05, 0.1) is 11.6 Å². The molecule has 0 bridgehead atoms. The topological polar surface area (TPSA) is 62.1 Å². The predicted octanol–water partition coefficient (Wildman–Crippen LogP) is 3.75. The summed E-state index contributed by atoms with van der Waals surface area (Å²) in [5.41, 5.74) is 0.725. The van der Waals surface area contributed by atoms with Gasteiger partial charge in [0.1, 0.15) is 5.60 Å². The first kappa shape index (κ1) is 16.1. The minimum atomic E-state index is -0.519. The molecule has 0 saturated heterocycles. The second-order valence-electron chi connectivity index (χ2n) is 5.13. The van der Waals surface area contributed by atoms with Gasteiger partial charge in [-0.05, 0) is 44.5 Å². The van der Waals surface area contributed by atoms with E-state index >= 15 is 0 Å². The molecule has 0 heterocycles. The van der Waals surface area contributed by atoms with Crippen molar-refractivity contribution in [1.29, 1.82) is 5.26 Å². The van der Waals surface area contributed by atoms with E-state index in [1.54, 1.807) is 51.1 Å². The number of carbonyl (C=O) groups excluding carboxylic acids is 1. The van der Waals surface area contributed by atoms with E-state index < -0.39 is 11.7 Å². The van der Waals surface area contributed by atoms with Crippen LogP contribution >= 0.6 is 11.6 Å². The maximum Gasteiger partial charge on any atom is 0.407 e. The summed E-state index contributed by atoms with van der Waals surface area (Å²) < 4.78 is 5.10. The van der Waals surface area contributed by atoms with Crippen LogP contribution in [0.15, 0.2) is 24.3 Å². The van der Waals surface area contributed by atoms with Crippen LogP contribution in [0.2, 0.25) is 5.02 Å². The summed E-state index contributed by atoms with van der Waals surface area (Å²) in [5, 5.41) is 12.1. The van der Waals surface area contributed by atoms with E-state index in [-0.39, 0.29) is 0 Å². The largest absolute Gasteiger partial charge is 0.444 e. The maximum atomic E-state index is 11.4. The molecule has 106 valence electrons. The van der Waals surface area contributed by atoms with Gasteiger partial charge in [-0.3, -0.25) is 0 Å². The highest BCUT2D eigenvalue weighted by molar-refractivity contribution is 6.30. The Morgan fingerprint density at radius 1 is 1.50 bits per heavy atom. The van der Waals surface area contributed by atoms with E-state index in [1.165, 1.54) is 0 Å². The van der Waals surface area contributed by atoms with Crippen molar-refractivity contribution >= 4 is 23.8 Å². The van der Waals surface area contributed by atoms with Gasteiger partial charge in [0.15, 0.2) is 0 Å². The summed E-state index contributed by atoms with van der Waals surface area (Å²) in [6.07, 6.45) is 2.99. The van der Waals surface area contributed by atoms with Crippen LogP contribution in [0, 0.1) is 11.3 Å². The monoisotopic (exact) mass is 292 g/mol. The highest BCUT2D eigenvalue weighted by atomic mass is 35.5. The third-order valence-corrected chi connectivity index (χ3v) is 2.43. The molecule has 20 heavy (non-hydrogen) atoms. The molecule has 0 aliphatic carbocycles. The lowest BCUT2D eigenvalue weighted by atomic mass is 10.1. The van der Waals surface area contributed by atoms with Crippen molar-refractivity contribution in [3.8, 4) is 6.07 Å². The number of nitrogens with zero attached hydrogens (tertiary/aromatic N) is 1. The average Bonchev–Trinajstić information content (AvgIpc) is 2.33. The van der Waals surface area contributed by atoms with Gasteiger partial charge in [0.2, 0.25) is 0 Å². The fourth-order valence-electron chi connectivity index (χ4n) is 1.42. The van der Waals surface area contributed by atoms with E-state index in [2.05, 4.69) is 11.4 Å². The van der Waals surface area contributed by atoms with Crippen molar-refractivity contribution in [2.75, 3.05) is 6.54 Å². The molecule has 0 atom stereocenters. The van der Waals surface area contributed by atoms with Crippen LogP contribution in [0.4, 0.5) is 4.79 Å². The molecule has 0 unspecified atom stereocenters. The molecule has 0 aromatic heterocycles. The minimum Gasteiger partial charge on any atom is -0.444 e. The molecule has 0 spiro atoms. The molecule has 1 amide bonds. The lowest BCUT2D eigenvalue weighted by Crippen LogP contribution is -2.32. The quantitative estimate of drug-likeness (QED) is 0.923. The van der Waals surface area contributed by atoms with Gasteiger partial charge in [-0.2, -0.15) is 5.26 Å². The summed E-state index contributed by atoms with van der Waals surface area (Å²) in [4.78, 5) is 11.4. The van der Waals surface area contributed by atoms with Crippen LogP contribution in [0.3, 0.4) is 0 Å².